The molecule has 0 aliphatic rings. The highest BCUT2D eigenvalue weighted by Crippen LogP contribution is 2.21. The van der Waals surface area contributed by atoms with Gasteiger partial charge in [0, 0.05) is 0 Å². The van der Waals surface area contributed by atoms with Crippen molar-refractivity contribution in [2.45, 2.75) is 32.6 Å². The van der Waals surface area contributed by atoms with Crippen molar-refractivity contribution >= 4 is 0 Å². The van der Waals surface area contributed by atoms with E-state index in [0.29, 0.717) is 0 Å². The fourth-order valence-corrected chi connectivity index (χ4v) is 1.42. The predicted octanol–water partition coefficient (Wildman–Crippen LogP) is 4.42. The molecule has 0 radical (unpaired) electrons. The average molecular weight is 210 g/mol. The Hall–Kier alpha value is -1.18. The van der Waals surface area contributed by atoms with E-state index in [9.17, 15) is 8.78 Å². The molecule has 2 heteroatoms. The lowest BCUT2D eigenvalue weighted by Crippen LogP contribution is -1.94. The highest BCUT2D eigenvalue weighted by Gasteiger charge is 2.07. The molecule has 15 heavy (non-hydrogen) atoms. The van der Waals surface area contributed by atoms with Crippen LogP contribution in [0, 0.1) is 11.6 Å². The summed E-state index contributed by atoms with van der Waals surface area (Å²) in [6, 6.07) is 4.10. The first-order chi connectivity index (χ1) is 7.15. The van der Waals surface area contributed by atoms with E-state index in [0.717, 1.165) is 18.4 Å². The number of benzene rings is 1. The van der Waals surface area contributed by atoms with Crippen molar-refractivity contribution < 1.29 is 8.78 Å². The topological polar surface area (TPSA) is 0 Å². The zero-order chi connectivity index (χ0) is 11.3. The van der Waals surface area contributed by atoms with Crippen molar-refractivity contribution in [3.8, 4) is 0 Å². The molecule has 1 unspecified atom stereocenters. The van der Waals surface area contributed by atoms with Crippen molar-refractivity contribution in [2.75, 3.05) is 0 Å². The minimum atomic E-state index is -0.782. The maximum atomic E-state index is 12.9. The summed E-state index contributed by atoms with van der Waals surface area (Å²) < 4.78 is 25.6. The van der Waals surface area contributed by atoms with Crippen LogP contribution in [0.5, 0.6) is 0 Å². The molecule has 0 aliphatic heterocycles. The van der Waals surface area contributed by atoms with Crippen LogP contribution in [0.3, 0.4) is 0 Å². The van der Waals surface area contributed by atoms with Gasteiger partial charge >= 0.3 is 0 Å². The fraction of sp³-hybridized carbons (Fsp3) is 0.385. The summed E-state index contributed by atoms with van der Waals surface area (Å²) in [5.41, 5.74) is 0.842. The van der Waals surface area contributed by atoms with Crippen LogP contribution < -0.4 is 0 Å². The molecule has 0 nitrogen and oxygen atoms in total. The van der Waals surface area contributed by atoms with E-state index in [-0.39, 0.29) is 5.92 Å². The lowest BCUT2D eigenvalue weighted by molar-refractivity contribution is 0.505. The van der Waals surface area contributed by atoms with Gasteiger partial charge in [0.15, 0.2) is 11.6 Å². The molecule has 0 spiro atoms. The van der Waals surface area contributed by atoms with Gasteiger partial charge in [-0.3, -0.25) is 0 Å². The molecule has 1 atom stereocenters. The predicted molar refractivity (Wildman–Crippen MR) is 58.8 cm³/mol. The second-order valence-electron chi connectivity index (χ2n) is 3.69. The van der Waals surface area contributed by atoms with E-state index < -0.39 is 11.6 Å². The molecule has 1 aromatic rings. The molecule has 1 rings (SSSR count). The molecule has 0 aliphatic carbocycles. The van der Waals surface area contributed by atoms with Crippen LogP contribution in [0.1, 0.15) is 38.2 Å². The molecular weight excluding hydrogens is 194 g/mol. The van der Waals surface area contributed by atoms with Gasteiger partial charge < -0.3 is 0 Å². The molecule has 0 N–H and O–H groups in total. The van der Waals surface area contributed by atoms with Gasteiger partial charge in [-0.2, -0.15) is 0 Å². The van der Waals surface area contributed by atoms with Gasteiger partial charge in [0.25, 0.3) is 0 Å². The largest absolute Gasteiger partial charge is 0.204 e. The Kier molecular flexibility index (Phi) is 4.47. The van der Waals surface area contributed by atoms with E-state index in [1.165, 1.54) is 12.1 Å². The lowest BCUT2D eigenvalue weighted by Gasteiger charge is -2.09. The third-order valence-electron chi connectivity index (χ3n) is 2.40. The SMILES string of the molecule is CC/C=C\CC(C)c1ccc(F)c(F)c1. The Morgan fingerprint density at radius 3 is 2.53 bits per heavy atom. The Balaban J connectivity index is 2.69. The molecule has 1 aromatic carbocycles. The maximum Gasteiger partial charge on any atom is 0.159 e. The molecule has 0 fully saturated rings. The van der Waals surface area contributed by atoms with Gasteiger partial charge in [0.1, 0.15) is 0 Å². The Labute approximate surface area is 89.6 Å². The molecule has 82 valence electrons. The monoisotopic (exact) mass is 210 g/mol. The van der Waals surface area contributed by atoms with E-state index >= 15 is 0 Å². The standard InChI is InChI=1S/C13H16F2/c1-3-4-5-6-10(2)11-7-8-12(14)13(15)9-11/h4-5,7-10H,3,6H2,1-2H3/b5-4-. The van der Waals surface area contributed by atoms with E-state index in [4.69, 9.17) is 0 Å². The van der Waals surface area contributed by atoms with Crippen molar-refractivity contribution in [1.82, 2.24) is 0 Å². The van der Waals surface area contributed by atoms with Gasteiger partial charge in [-0.15, -0.1) is 0 Å². The summed E-state index contributed by atoms with van der Waals surface area (Å²) in [7, 11) is 0. The summed E-state index contributed by atoms with van der Waals surface area (Å²) in [4.78, 5) is 0. The second-order valence-corrected chi connectivity index (χ2v) is 3.69. The fourth-order valence-electron chi connectivity index (χ4n) is 1.42. The Morgan fingerprint density at radius 1 is 1.20 bits per heavy atom. The second kappa shape index (κ2) is 5.64. The molecule has 0 amide bonds. The van der Waals surface area contributed by atoms with Crippen molar-refractivity contribution in [3.63, 3.8) is 0 Å². The summed E-state index contributed by atoms with van der Waals surface area (Å²) in [5, 5.41) is 0. The normalized spacial score (nSPS) is 13.3. The number of hydrogen-bond donors (Lipinski definition) is 0. The summed E-state index contributed by atoms with van der Waals surface area (Å²) >= 11 is 0. The molecule has 0 saturated heterocycles. The minimum Gasteiger partial charge on any atom is -0.204 e. The first kappa shape index (κ1) is 11.9. The number of rotatable bonds is 4. The van der Waals surface area contributed by atoms with Crippen LogP contribution in [0.4, 0.5) is 8.78 Å². The number of halogens is 2. The van der Waals surface area contributed by atoms with Gasteiger partial charge in [-0.05, 0) is 36.5 Å². The van der Waals surface area contributed by atoms with Crippen LogP contribution >= 0.6 is 0 Å². The third kappa shape index (κ3) is 3.46. The van der Waals surface area contributed by atoms with E-state index in [2.05, 4.69) is 19.1 Å². The molecule has 0 aromatic heterocycles. The Bertz CT molecular complexity index is 342. The van der Waals surface area contributed by atoms with Gasteiger partial charge in [0.05, 0.1) is 0 Å². The average Bonchev–Trinajstić information content (AvgIpc) is 2.22. The highest BCUT2D eigenvalue weighted by atomic mass is 19.2. The number of hydrogen-bond acceptors (Lipinski definition) is 0. The molecule has 0 heterocycles. The first-order valence-electron chi connectivity index (χ1n) is 5.25. The van der Waals surface area contributed by atoms with Crippen LogP contribution in [0.15, 0.2) is 30.4 Å². The lowest BCUT2D eigenvalue weighted by atomic mass is 9.97. The zero-order valence-corrected chi connectivity index (χ0v) is 9.13. The number of allylic oxidation sites excluding steroid dienone is 2. The molecular formula is C13H16F2. The molecule has 0 saturated carbocycles. The quantitative estimate of drug-likeness (QED) is 0.645. The Morgan fingerprint density at radius 2 is 1.93 bits per heavy atom. The van der Waals surface area contributed by atoms with Crippen LogP contribution in [0.2, 0.25) is 0 Å². The summed E-state index contributed by atoms with van der Waals surface area (Å²) in [6.45, 7) is 4.07. The van der Waals surface area contributed by atoms with Gasteiger partial charge in [-0.25, -0.2) is 8.78 Å². The van der Waals surface area contributed by atoms with Crippen LogP contribution in [-0.4, -0.2) is 0 Å². The van der Waals surface area contributed by atoms with Gasteiger partial charge in [0.2, 0.25) is 0 Å². The summed E-state index contributed by atoms with van der Waals surface area (Å²) in [6.07, 6.45) is 6.02. The molecule has 0 bridgehead atoms. The van der Waals surface area contributed by atoms with Gasteiger partial charge in [-0.1, -0.05) is 32.1 Å². The minimum absolute atomic E-state index is 0.225. The highest BCUT2D eigenvalue weighted by molar-refractivity contribution is 5.21. The first-order valence-corrected chi connectivity index (χ1v) is 5.25. The smallest absolute Gasteiger partial charge is 0.159 e. The third-order valence-corrected chi connectivity index (χ3v) is 2.40. The maximum absolute atomic E-state index is 12.9. The zero-order valence-electron chi connectivity index (χ0n) is 9.13. The summed E-state index contributed by atoms with van der Waals surface area (Å²) in [5.74, 6) is -1.32. The van der Waals surface area contributed by atoms with Crippen molar-refractivity contribution in [2.24, 2.45) is 0 Å². The van der Waals surface area contributed by atoms with Crippen LogP contribution in [0.25, 0.3) is 0 Å². The van der Waals surface area contributed by atoms with E-state index in [1.807, 2.05) is 6.92 Å². The van der Waals surface area contributed by atoms with Crippen molar-refractivity contribution in [1.29, 1.82) is 0 Å². The van der Waals surface area contributed by atoms with E-state index in [1.54, 1.807) is 6.07 Å². The van der Waals surface area contributed by atoms with Crippen LogP contribution in [-0.2, 0) is 0 Å². The van der Waals surface area contributed by atoms with Crippen molar-refractivity contribution in [3.05, 3.63) is 47.5 Å².